The summed E-state index contributed by atoms with van der Waals surface area (Å²) in [7, 11) is 0. The Labute approximate surface area is 139 Å². The number of nitrogens with one attached hydrogen (secondary N) is 2. The maximum atomic E-state index is 5.33. The highest BCUT2D eigenvalue weighted by atomic mass is 32.1. The highest BCUT2D eigenvalue weighted by Gasteiger charge is 2.00. The Kier molecular flexibility index (Phi) is 6.41. The standard InChI is InChI=1S/C19H24N2S/c1-15(2)17-10-12-18(13-11-17)21-19(22)20-14-6-9-16-7-4-3-5-8-16/h3-5,7-8,10-13,15H,6,9,14H2,1-2H3,(H2,20,21,22). The summed E-state index contributed by atoms with van der Waals surface area (Å²) >= 11 is 5.33. The van der Waals surface area contributed by atoms with Crippen LogP contribution in [-0.4, -0.2) is 11.7 Å². The molecule has 3 heteroatoms. The first-order valence-corrected chi connectivity index (χ1v) is 8.24. The van der Waals surface area contributed by atoms with Crippen molar-refractivity contribution in [1.82, 2.24) is 5.32 Å². The van der Waals surface area contributed by atoms with Gasteiger partial charge in [-0.05, 0) is 54.2 Å². The van der Waals surface area contributed by atoms with E-state index in [4.69, 9.17) is 12.2 Å². The van der Waals surface area contributed by atoms with Gasteiger partial charge in [-0.1, -0.05) is 56.3 Å². The smallest absolute Gasteiger partial charge is 0.170 e. The van der Waals surface area contributed by atoms with Gasteiger partial charge in [0.2, 0.25) is 0 Å². The maximum absolute atomic E-state index is 5.33. The van der Waals surface area contributed by atoms with Crippen molar-refractivity contribution in [3.8, 4) is 0 Å². The van der Waals surface area contributed by atoms with Gasteiger partial charge < -0.3 is 10.6 Å². The molecule has 22 heavy (non-hydrogen) atoms. The van der Waals surface area contributed by atoms with Crippen molar-refractivity contribution in [2.24, 2.45) is 0 Å². The molecule has 0 aromatic heterocycles. The topological polar surface area (TPSA) is 24.1 Å². The fraction of sp³-hybridized carbons (Fsp3) is 0.316. The molecule has 0 radical (unpaired) electrons. The summed E-state index contributed by atoms with van der Waals surface area (Å²) < 4.78 is 0. The largest absolute Gasteiger partial charge is 0.362 e. The first kappa shape index (κ1) is 16.5. The molecule has 0 unspecified atom stereocenters. The fourth-order valence-electron chi connectivity index (χ4n) is 2.27. The number of hydrogen-bond donors (Lipinski definition) is 2. The summed E-state index contributed by atoms with van der Waals surface area (Å²) in [5.41, 5.74) is 3.74. The zero-order valence-electron chi connectivity index (χ0n) is 13.3. The Morgan fingerprint density at radius 1 is 1.00 bits per heavy atom. The summed E-state index contributed by atoms with van der Waals surface area (Å²) in [6.45, 7) is 5.27. The van der Waals surface area contributed by atoms with Gasteiger partial charge in [-0.3, -0.25) is 0 Å². The lowest BCUT2D eigenvalue weighted by molar-refractivity contribution is 0.777. The minimum Gasteiger partial charge on any atom is -0.362 e. The molecule has 0 heterocycles. The minimum atomic E-state index is 0.553. The molecular formula is C19H24N2S. The van der Waals surface area contributed by atoms with Crippen LogP contribution in [-0.2, 0) is 6.42 Å². The van der Waals surface area contributed by atoms with Gasteiger partial charge >= 0.3 is 0 Å². The van der Waals surface area contributed by atoms with Crippen LogP contribution < -0.4 is 10.6 Å². The third kappa shape index (κ3) is 5.49. The summed E-state index contributed by atoms with van der Waals surface area (Å²) in [6.07, 6.45) is 2.14. The van der Waals surface area contributed by atoms with Crippen LogP contribution in [0.2, 0.25) is 0 Å². The average molecular weight is 312 g/mol. The Hall–Kier alpha value is -1.87. The van der Waals surface area contributed by atoms with Crippen molar-refractivity contribution < 1.29 is 0 Å². The van der Waals surface area contributed by atoms with Crippen molar-refractivity contribution >= 4 is 23.0 Å². The molecule has 0 aliphatic heterocycles. The van der Waals surface area contributed by atoms with Crippen molar-refractivity contribution in [1.29, 1.82) is 0 Å². The third-order valence-electron chi connectivity index (χ3n) is 3.61. The molecular weight excluding hydrogens is 288 g/mol. The summed E-state index contributed by atoms with van der Waals surface area (Å²) in [6, 6.07) is 19.0. The Morgan fingerprint density at radius 3 is 2.32 bits per heavy atom. The third-order valence-corrected chi connectivity index (χ3v) is 3.85. The Balaban J connectivity index is 1.69. The van der Waals surface area contributed by atoms with Gasteiger partial charge in [-0.15, -0.1) is 0 Å². The molecule has 0 spiro atoms. The van der Waals surface area contributed by atoms with Crippen LogP contribution in [0.4, 0.5) is 5.69 Å². The van der Waals surface area contributed by atoms with Crippen LogP contribution >= 0.6 is 12.2 Å². The molecule has 0 saturated heterocycles. The van der Waals surface area contributed by atoms with Gasteiger partial charge in [0.1, 0.15) is 0 Å². The molecule has 2 N–H and O–H groups in total. The number of thiocarbonyl (C=S) groups is 1. The van der Waals surface area contributed by atoms with E-state index in [-0.39, 0.29) is 0 Å². The molecule has 2 nitrogen and oxygen atoms in total. The average Bonchev–Trinajstić information content (AvgIpc) is 2.53. The van der Waals surface area contributed by atoms with E-state index in [1.807, 2.05) is 6.07 Å². The summed E-state index contributed by atoms with van der Waals surface area (Å²) in [4.78, 5) is 0. The predicted octanol–water partition coefficient (Wildman–Crippen LogP) is 4.73. The van der Waals surface area contributed by atoms with Crippen LogP contribution in [0.3, 0.4) is 0 Å². The van der Waals surface area contributed by atoms with E-state index in [0.29, 0.717) is 11.0 Å². The number of benzene rings is 2. The molecule has 0 atom stereocenters. The van der Waals surface area contributed by atoms with E-state index >= 15 is 0 Å². The summed E-state index contributed by atoms with van der Waals surface area (Å²) in [5.74, 6) is 0.553. The van der Waals surface area contributed by atoms with E-state index < -0.39 is 0 Å². The lowest BCUT2D eigenvalue weighted by Gasteiger charge is -2.12. The number of hydrogen-bond acceptors (Lipinski definition) is 1. The minimum absolute atomic E-state index is 0.553. The lowest BCUT2D eigenvalue weighted by Crippen LogP contribution is -2.29. The second-order valence-corrected chi connectivity index (χ2v) is 6.16. The second-order valence-electron chi connectivity index (χ2n) is 5.75. The molecule has 0 saturated carbocycles. The lowest BCUT2D eigenvalue weighted by atomic mass is 10.0. The van der Waals surface area contributed by atoms with Crippen molar-refractivity contribution in [3.05, 3.63) is 65.7 Å². The van der Waals surface area contributed by atoms with Crippen LogP contribution in [0.25, 0.3) is 0 Å². The van der Waals surface area contributed by atoms with Crippen LogP contribution in [0.15, 0.2) is 54.6 Å². The first-order valence-electron chi connectivity index (χ1n) is 7.84. The highest BCUT2D eigenvalue weighted by Crippen LogP contribution is 2.16. The van der Waals surface area contributed by atoms with Crippen molar-refractivity contribution in [2.75, 3.05) is 11.9 Å². The van der Waals surface area contributed by atoms with Crippen molar-refractivity contribution in [3.63, 3.8) is 0 Å². The van der Waals surface area contributed by atoms with Gasteiger partial charge in [0.15, 0.2) is 5.11 Å². The zero-order valence-corrected chi connectivity index (χ0v) is 14.1. The monoisotopic (exact) mass is 312 g/mol. The van der Waals surface area contributed by atoms with E-state index in [9.17, 15) is 0 Å². The number of aryl methyl sites for hydroxylation is 1. The van der Waals surface area contributed by atoms with Crippen LogP contribution in [0.5, 0.6) is 0 Å². The molecule has 2 aromatic rings. The van der Waals surface area contributed by atoms with E-state index in [0.717, 1.165) is 25.1 Å². The molecule has 2 rings (SSSR count). The number of anilines is 1. The quantitative estimate of drug-likeness (QED) is 0.595. The normalized spacial score (nSPS) is 10.5. The highest BCUT2D eigenvalue weighted by molar-refractivity contribution is 7.80. The molecule has 0 fully saturated rings. The SMILES string of the molecule is CC(C)c1ccc(NC(=S)NCCCc2ccccc2)cc1. The van der Waals surface area contributed by atoms with E-state index in [1.54, 1.807) is 0 Å². The molecule has 2 aromatic carbocycles. The molecule has 0 aliphatic carbocycles. The van der Waals surface area contributed by atoms with Gasteiger partial charge in [0, 0.05) is 12.2 Å². The van der Waals surface area contributed by atoms with Gasteiger partial charge in [-0.2, -0.15) is 0 Å². The number of rotatable bonds is 6. The predicted molar refractivity (Wildman–Crippen MR) is 99.5 cm³/mol. The van der Waals surface area contributed by atoms with Gasteiger partial charge in [0.05, 0.1) is 0 Å². The van der Waals surface area contributed by atoms with E-state index in [2.05, 4.69) is 73.0 Å². The summed E-state index contributed by atoms with van der Waals surface area (Å²) in [5, 5.41) is 7.17. The Bertz CT molecular complexity index is 576. The zero-order chi connectivity index (χ0) is 15.8. The van der Waals surface area contributed by atoms with Gasteiger partial charge in [0.25, 0.3) is 0 Å². The molecule has 0 bridgehead atoms. The second kappa shape index (κ2) is 8.54. The van der Waals surface area contributed by atoms with Gasteiger partial charge in [-0.25, -0.2) is 0 Å². The van der Waals surface area contributed by atoms with Crippen LogP contribution in [0, 0.1) is 0 Å². The van der Waals surface area contributed by atoms with E-state index in [1.165, 1.54) is 11.1 Å². The molecule has 0 aliphatic rings. The Morgan fingerprint density at radius 2 is 1.68 bits per heavy atom. The first-order chi connectivity index (χ1) is 10.6. The van der Waals surface area contributed by atoms with Crippen LogP contribution in [0.1, 0.15) is 37.3 Å². The van der Waals surface area contributed by atoms with Crippen molar-refractivity contribution in [2.45, 2.75) is 32.6 Å². The fourth-order valence-corrected chi connectivity index (χ4v) is 2.49. The maximum Gasteiger partial charge on any atom is 0.170 e. The molecule has 0 amide bonds. The molecule has 116 valence electrons.